The van der Waals surface area contributed by atoms with Crippen molar-refractivity contribution in [3.05, 3.63) is 46.1 Å². The summed E-state index contributed by atoms with van der Waals surface area (Å²) in [7, 11) is 1.60. The Labute approximate surface area is 167 Å². The summed E-state index contributed by atoms with van der Waals surface area (Å²) in [6.07, 6.45) is 0.683. The fourth-order valence-electron chi connectivity index (χ4n) is 3.50. The molecule has 29 heavy (non-hydrogen) atoms. The van der Waals surface area contributed by atoms with E-state index in [2.05, 4.69) is 15.2 Å². The topological polar surface area (TPSA) is 105 Å². The normalized spacial score (nSPS) is 14.4. The Kier molecular flexibility index (Phi) is 5.20. The van der Waals surface area contributed by atoms with Crippen LogP contribution in [0.2, 0.25) is 0 Å². The van der Waals surface area contributed by atoms with Gasteiger partial charge < -0.3 is 23.9 Å². The van der Waals surface area contributed by atoms with Crippen molar-refractivity contribution >= 4 is 22.8 Å². The lowest BCUT2D eigenvalue weighted by molar-refractivity contribution is -0.131. The molecule has 2 aromatic heterocycles. The highest BCUT2D eigenvalue weighted by molar-refractivity contribution is 5.81. The van der Waals surface area contributed by atoms with E-state index in [1.807, 2.05) is 28.0 Å². The summed E-state index contributed by atoms with van der Waals surface area (Å²) >= 11 is 0. The highest BCUT2D eigenvalue weighted by Gasteiger charge is 2.24. The molecule has 1 aliphatic heterocycles. The first-order valence-corrected chi connectivity index (χ1v) is 9.56. The van der Waals surface area contributed by atoms with Crippen LogP contribution in [-0.2, 0) is 11.2 Å². The maximum absolute atomic E-state index is 12.6. The molecule has 1 aromatic carbocycles. The third kappa shape index (κ3) is 4.08. The molecule has 1 amide bonds. The first-order chi connectivity index (χ1) is 14.0. The maximum atomic E-state index is 12.6. The number of carbonyl (C=O) groups is 1. The van der Waals surface area contributed by atoms with Crippen LogP contribution < -0.4 is 15.2 Å². The molecule has 0 bridgehead atoms. The summed E-state index contributed by atoms with van der Waals surface area (Å²) in [5.41, 5.74) is 1.18. The fourth-order valence-corrected chi connectivity index (χ4v) is 3.50. The quantitative estimate of drug-likeness (QED) is 0.696. The minimum atomic E-state index is -0.160. The number of benzene rings is 1. The summed E-state index contributed by atoms with van der Waals surface area (Å²) in [5, 5.41) is 8.75. The van der Waals surface area contributed by atoms with E-state index < -0.39 is 0 Å². The van der Waals surface area contributed by atoms with Crippen LogP contribution in [0.4, 0.5) is 6.01 Å². The summed E-state index contributed by atoms with van der Waals surface area (Å²) in [5.74, 6) is 1.29. The number of H-pyrrole nitrogens is 1. The van der Waals surface area contributed by atoms with Crippen LogP contribution in [-0.4, -0.2) is 59.3 Å². The number of aromatic nitrogens is 3. The largest absolute Gasteiger partial charge is 0.497 e. The predicted molar refractivity (Wildman–Crippen MR) is 107 cm³/mol. The maximum Gasteiger partial charge on any atom is 0.318 e. The second-order valence-corrected chi connectivity index (χ2v) is 7.05. The van der Waals surface area contributed by atoms with Gasteiger partial charge in [-0.25, -0.2) is 0 Å². The van der Waals surface area contributed by atoms with Gasteiger partial charge in [0.2, 0.25) is 11.8 Å². The van der Waals surface area contributed by atoms with Crippen molar-refractivity contribution in [2.75, 3.05) is 38.2 Å². The van der Waals surface area contributed by atoms with Crippen molar-refractivity contribution in [2.24, 2.45) is 0 Å². The third-order valence-corrected chi connectivity index (χ3v) is 5.15. The zero-order valence-electron chi connectivity index (χ0n) is 16.5. The zero-order chi connectivity index (χ0) is 20.4. The van der Waals surface area contributed by atoms with Crippen LogP contribution in [0.3, 0.4) is 0 Å². The van der Waals surface area contributed by atoms with E-state index in [0.717, 1.165) is 16.7 Å². The summed E-state index contributed by atoms with van der Waals surface area (Å²) in [6, 6.07) is 7.81. The first kappa shape index (κ1) is 19.0. The lowest BCUT2D eigenvalue weighted by Gasteiger charge is -2.33. The number of ether oxygens (including phenoxy) is 1. The Bertz CT molecular complexity index is 1080. The molecule has 3 heterocycles. The average Bonchev–Trinajstić information content (AvgIpc) is 3.18. The second-order valence-electron chi connectivity index (χ2n) is 7.05. The molecular weight excluding hydrogens is 374 g/mol. The molecule has 0 spiro atoms. The van der Waals surface area contributed by atoms with E-state index in [1.54, 1.807) is 20.1 Å². The fraction of sp³-hybridized carbons (Fsp3) is 0.400. The number of nitrogens with one attached hydrogen (secondary N) is 1. The zero-order valence-corrected chi connectivity index (χ0v) is 16.5. The number of piperazine rings is 1. The van der Waals surface area contributed by atoms with Crippen LogP contribution in [0.15, 0.2) is 33.5 Å². The van der Waals surface area contributed by atoms with E-state index in [4.69, 9.17) is 9.15 Å². The highest BCUT2D eigenvalue weighted by atomic mass is 16.5. The molecule has 0 radical (unpaired) electrons. The van der Waals surface area contributed by atoms with Gasteiger partial charge in [-0.3, -0.25) is 9.59 Å². The smallest absolute Gasteiger partial charge is 0.318 e. The van der Waals surface area contributed by atoms with Gasteiger partial charge in [0.25, 0.3) is 5.56 Å². The van der Waals surface area contributed by atoms with E-state index in [1.165, 1.54) is 0 Å². The van der Waals surface area contributed by atoms with Gasteiger partial charge >= 0.3 is 6.01 Å². The van der Waals surface area contributed by atoms with E-state index in [9.17, 15) is 9.59 Å². The van der Waals surface area contributed by atoms with Crippen LogP contribution >= 0.6 is 0 Å². The SMILES string of the molecule is COc1ccc2[nH]c(=O)c(CCC(=O)N3CCN(c4nnc(C)o4)CC3)cc2c1. The number of carbonyl (C=O) groups excluding carboxylic acids is 1. The number of methoxy groups -OCH3 is 1. The lowest BCUT2D eigenvalue weighted by Crippen LogP contribution is -2.49. The van der Waals surface area contributed by atoms with Crippen LogP contribution in [0.25, 0.3) is 10.9 Å². The van der Waals surface area contributed by atoms with E-state index in [0.29, 0.717) is 50.1 Å². The van der Waals surface area contributed by atoms with Crippen molar-refractivity contribution < 1.29 is 13.9 Å². The molecule has 1 N–H and O–H groups in total. The highest BCUT2D eigenvalue weighted by Crippen LogP contribution is 2.19. The molecule has 1 saturated heterocycles. The Morgan fingerprint density at radius 1 is 1.21 bits per heavy atom. The number of aryl methyl sites for hydroxylation is 2. The molecule has 0 saturated carbocycles. The second kappa shape index (κ2) is 7.94. The monoisotopic (exact) mass is 397 g/mol. The van der Waals surface area contributed by atoms with E-state index in [-0.39, 0.29) is 17.9 Å². The summed E-state index contributed by atoms with van der Waals surface area (Å²) in [6.45, 7) is 4.21. The van der Waals surface area contributed by atoms with Gasteiger partial charge in [0.15, 0.2) is 0 Å². The molecule has 0 atom stereocenters. The van der Waals surface area contributed by atoms with Crippen molar-refractivity contribution in [1.82, 2.24) is 20.1 Å². The number of hydrogen-bond donors (Lipinski definition) is 1. The Morgan fingerprint density at radius 2 is 2.00 bits per heavy atom. The Balaban J connectivity index is 1.37. The van der Waals surface area contributed by atoms with Gasteiger partial charge in [0.1, 0.15) is 5.75 Å². The average molecular weight is 397 g/mol. The molecule has 4 rings (SSSR count). The van der Waals surface area contributed by atoms with Gasteiger partial charge in [-0.05, 0) is 30.7 Å². The molecular formula is C20H23N5O4. The molecule has 3 aromatic rings. The van der Waals surface area contributed by atoms with Crippen LogP contribution in [0, 0.1) is 6.92 Å². The van der Waals surface area contributed by atoms with Crippen molar-refractivity contribution in [3.8, 4) is 5.75 Å². The Morgan fingerprint density at radius 3 is 2.69 bits per heavy atom. The summed E-state index contributed by atoms with van der Waals surface area (Å²) < 4.78 is 10.7. The van der Waals surface area contributed by atoms with Crippen LogP contribution in [0.5, 0.6) is 5.75 Å². The number of amides is 1. The summed E-state index contributed by atoms with van der Waals surface area (Å²) in [4.78, 5) is 31.6. The molecule has 9 heteroatoms. The minimum absolute atomic E-state index is 0.0384. The van der Waals surface area contributed by atoms with Crippen LogP contribution in [0.1, 0.15) is 17.9 Å². The minimum Gasteiger partial charge on any atom is -0.497 e. The standard InChI is InChI=1S/C20H23N5O4/c1-13-22-23-20(29-13)25-9-7-24(8-10-25)18(26)6-3-14-11-15-12-16(28-2)4-5-17(15)21-19(14)27/h4-5,11-12H,3,6-10H2,1-2H3,(H,21,27). The molecule has 0 aliphatic carbocycles. The predicted octanol–water partition coefficient (Wildman–Crippen LogP) is 1.51. The van der Waals surface area contributed by atoms with Gasteiger partial charge in [0.05, 0.1) is 7.11 Å². The number of anilines is 1. The van der Waals surface area contributed by atoms with Crippen molar-refractivity contribution in [3.63, 3.8) is 0 Å². The van der Waals surface area contributed by atoms with Gasteiger partial charge in [-0.2, -0.15) is 0 Å². The number of pyridine rings is 1. The van der Waals surface area contributed by atoms with Gasteiger partial charge in [-0.1, -0.05) is 5.10 Å². The Hall–Kier alpha value is -3.36. The van der Waals surface area contributed by atoms with Gasteiger partial charge in [0, 0.05) is 56.0 Å². The number of fused-ring (bicyclic) bond motifs is 1. The van der Waals surface area contributed by atoms with Crippen molar-refractivity contribution in [1.29, 1.82) is 0 Å². The molecule has 0 unspecified atom stereocenters. The molecule has 1 aliphatic rings. The van der Waals surface area contributed by atoms with Gasteiger partial charge in [-0.15, -0.1) is 5.10 Å². The lowest BCUT2D eigenvalue weighted by atomic mass is 10.1. The number of rotatable bonds is 5. The number of nitrogens with zero attached hydrogens (tertiary/aromatic N) is 4. The molecule has 9 nitrogen and oxygen atoms in total. The number of aromatic amines is 1. The van der Waals surface area contributed by atoms with E-state index >= 15 is 0 Å². The van der Waals surface area contributed by atoms with Crippen molar-refractivity contribution in [2.45, 2.75) is 19.8 Å². The number of hydrogen-bond acceptors (Lipinski definition) is 7. The molecule has 152 valence electrons. The first-order valence-electron chi connectivity index (χ1n) is 9.56. The third-order valence-electron chi connectivity index (χ3n) is 5.15. The molecule has 1 fully saturated rings.